The van der Waals surface area contributed by atoms with E-state index in [4.69, 9.17) is 26.7 Å². The summed E-state index contributed by atoms with van der Waals surface area (Å²) < 4.78 is 25.1. The normalized spacial score (nSPS) is 17.2. The number of nitrogens with zero attached hydrogens (tertiary/aromatic N) is 3. The van der Waals surface area contributed by atoms with Crippen molar-refractivity contribution < 1.29 is 13.9 Å². The van der Waals surface area contributed by atoms with Crippen LogP contribution < -0.4 is 20.3 Å². The number of thiocarbonyl (C=S) groups is 1. The van der Waals surface area contributed by atoms with Crippen molar-refractivity contribution in [1.29, 1.82) is 0 Å². The van der Waals surface area contributed by atoms with Crippen LogP contribution in [0.5, 0.6) is 11.6 Å². The van der Waals surface area contributed by atoms with Gasteiger partial charge in [-0.2, -0.15) is 9.97 Å². The highest BCUT2D eigenvalue weighted by molar-refractivity contribution is 7.80. The van der Waals surface area contributed by atoms with E-state index in [9.17, 15) is 4.39 Å². The van der Waals surface area contributed by atoms with Gasteiger partial charge in [-0.1, -0.05) is 49.6 Å². The molecular formula is C28H32FN5O2S. The first kappa shape index (κ1) is 25.4. The number of benzene rings is 2. The van der Waals surface area contributed by atoms with Crippen molar-refractivity contribution in [3.8, 4) is 11.6 Å². The maximum absolute atomic E-state index is 13.6. The molecule has 0 unspecified atom stereocenters. The Labute approximate surface area is 222 Å². The van der Waals surface area contributed by atoms with Gasteiger partial charge in [0.2, 0.25) is 11.8 Å². The molecule has 1 aliphatic heterocycles. The second-order valence-corrected chi connectivity index (χ2v) is 9.97. The summed E-state index contributed by atoms with van der Waals surface area (Å²) in [7, 11) is 0. The molecule has 2 heterocycles. The Morgan fingerprint density at radius 3 is 2.46 bits per heavy atom. The van der Waals surface area contributed by atoms with Crippen molar-refractivity contribution >= 4 is 29.1 Å². The maximum atomic E-state index is 13.6. The third-order valence-electron chi connectivity index (χ3n) is 7.07. The highest BCUT2D eigenvalue weighted by Gasteiger charge is 2.34. The molecule has 1 aromatic heterocycles. The van der Waals surface area contributed by atoms with Crippen LogP contribution >= 0.6 is 12.2 Å². The van der Waals surface area contributed by atoms with Gasteiger partial charge in [0.05, 0.1) is 13.2 Å². The third-order valence-corrected chi connectivity index (χ3v) is 7.32. The molecule has 1 saturated carbocycles. The van der Waals surface area contributed by atoms with Crippen molar-refractivity contribution in [2.45, 2.75) is 37.5 Å². The predicted molar refractivity (Wildman–Crippen MR) is 147 cm³/mol. The number of rotatable bonds is 7. The van der Waals surface area contributed by atoms with Crippen LogP contribution in [0.3, 0.4) is 0 Å². The van der Waals surface area contributed by atoms with Crippen LogP contribution in [0.1, 0.15) is 37.7 Å². The molecule has 0 atom stereocenters. The van der Waals surface area contributed by atoms with Crippen LogP contribution in [0.4, 0.5) is 16.2 Å². The summed E-state index contributed by atoms with van der Waals surface area (Å²) in [4.78, 5) is 11.4. The molecule has 2 fully saturated rings. The largest absolute Gasteiger partial charge is 0.439 e. The van der Waals surface area contributed by atoms with Crippen LogP contribution in [-0.2, 0) is 10.2 Å². The van der Waals surface area contributed by atoms with Crippen LogP contribution in [0.25, 0.3) is 0 Å². The Morgan fingerprint density at radius 1 is 1.00 bits per heavy atom. The fourth-order valence-electron chi connectivity index (χ4n) is 5.08. The Balaban J connectivity index is 1.32. The SMILES string of the molecule is Fc1ccc(C2(CNC(=S)Nc3nc(Oc4ccccc4)cc(N4CCOCC4)n3)CCCCC2)cc1. The molecule has 37 heavy (non-hydrogen) atoms. The second-order valence-electron chi connectivity index (χ2n) is 9.56. The van der Waals surface area contributed by atoms with Crippen LogP contribution in [0.2, 0.25) is 0 Å². The van der Waals surface area contributed by atoms with E-state index in [1.165, 1.54) is 6.42 Å². The van der Waals surface area contributed by atoms with Gasteiger partial charge in [-0.25, -0.2) is 4.39 Å². The van der Waals surface area contributed by atoms with E-state index < -0.39 is 0 Å². The smallest absolute Gasteiger partial charge is 0.234 e. The average Bonchev–Trinajstić information content (AvgIpc) is 2.94. The number of hydrogen-bond acceptors (Lipinski definition) is 6. The number of ether oxygens (including phenoxy) is 2. The van der Waals surface area contributed by atoms with Gasteiger partial charge in [0.15, 0.2) is 5.11 Å². The summed E-state index contributed by atoms with van der Waals surface area (Å²) in [5.41, 5.74) is 1.06. The standard InChI is InChI=1S/C28H32FN5O2S/c29-22-11-9-21(10-12-22)28(13-5-2-6-14-28)20-30-27(37)33-26-31-24(34-15-17-35-18-16-34)19-25(32-26)36-23-7-3-1-4-8-23/h1,3-4,7-12,19H,2,5-6,13-18,20H2,(H2,30,31,32,33,37). The van der Waals surface area contributed by atoms with Crippen LogP contribution in [0.15, 0.2) is 60.7 Å². The first-order valence-corrected chi connectivity index (χ1v) is 13.3. The van der Waals surface area contributed by atoms with Gasteiger partial charge in [0.1, 0.15) is 17.4 Å². The lowest BCUT2D eigenvalue weighted by Gasteiger charge is -2.38. The lowest BCUT2D eigenvalue weighted by atomic mass is 9.69. The minimum atomic E-state index is -0.217. The fraction of sp³-hybridized carbons (Fsp3) is 0.393. The zero-order chi connectivity index (χ0) is 25.5. The summed E-state index contributed by atoms with van der Waals surface area (Å²) in [6.07, 6.45) is 5.57. The number of hydrogen-bond donors (Lipinski definition) is 2. The van der Waals surface area contributed by atoms with E-state index in [0.29, 0.717) is 42.4 Å². The summed E-state index contributed by atoms with van der Waals surface area (Å²) in [5, 5.41) is 7.00. The summed E-state index contributed by atoms with van der Waals surface area (Å²) >= 11 is 5.66. The lowest BCUT2D eigenvalue weighted by Crippen LogP contribution is -2.43. The van der Waals surface area contributed by atoms with E-state index in [-0.39, 0.29) is 11.2 Å². The number of para-hydroxylation sites is 1. The quantitative estimate of drug-likeness (QED) is 0.399. The predicted octanol–water partition coefficient (Wildman–Crippen LogP) is 5.43. The van der Waals surface area contributed by atoms with Gasteiger partial charge in [0.25, 0.3) is 0 Å². The molecule has 0 radical (unpaired) electrons. The molecule has 2 aliphatic rings. The topological polar surface area (TPSA) is 71.5 Å². The fourth-order valence-corrected chi connectivity index (χ4v) is 5.24. The number of nitrogens with one attached hydrogen (secondary N) is 2. The van der Waals surface area contributed by atoms with Gasteiger partial charge in [-0.3, -0.25) is 0 Å². The molecule has 0 bridgehead atoms. The number of aromatic nitrogens is 2. The van der Waals surface area contributed by atoms with E-state index in [1.54, 1.807) is 12.1 Å². The molecular weight excluding hydrogens is 489 g/mol. The maximum Gasteiger partial charge on any atom is 0.234 e. The van der Waals surface area contributed by atoms with E-state index >= 15 is 0 Å². The first-order valence-electron chi connectivity index (χ1n) is 12.9. The van der Waals surface area contributed by atoms with Gasteiger partial charge in [0, 0.05) is 31.1 Å². The molecule has 1 saturated heterocycles. The van der Waals surface area contributed by atoms with E-state index in [1.807, 2.05) is 48.5 Å². The molecule has 0 spiro atoms. The molecule has 2 aromatic carbocycles. The number of morpholine rings is 1. The zero-order valence-corrected chi connectivity index (χ0v) is 21.6. The van der Waals surface area contributed by atoms with E-state index in [2.05, 4.69) is 20.5 Å². The highest BCUT2D eigenvalue weighted by atomic mass is 32.1. The van der Waals surface area contributed by atoms with Crippen LogP contribution in [0, 0.1) is 5.82 Å². The van der Waals surface area contributed by atoms with E-state index in [0.717, 1.165) is 50.2 Å². The van der Waals surface area contributed by atoms with Crippen molar-refractivity contribution in [2.24, 2.45) is 0 Å². The minimum Gasteiger partial charge on any atom is -0.439 e. The molecule has 3 aromatic rings. The molecule has 0 amide bonds. The Hall–Kier alpha value is -3.30. The molecule has 7 nitrogen and oxygen atoms in total. The number of anilines is 2. The average molecular weight is 522 g/mol. The molecule has 2 N–H and O–H groups in total. The summed E-state index contributed by atoms with van der Waals surface area (Å²) in [5.74, 6) is 2.03. The van der Waals surface area contributed by atoms with Gasteiger partial charge >= 0.3 is 0 Å². The Morgan fingerprint density at radius 2 is 1.73 bits per heavy atom. The van der Waals surface area contributed by atoms with Crippen molar-refractivity contribution in [3.63, 3.8) is 0 Å². The Bertz CT molecular complexity index is 1180. The van der Waals surface area contributed by atoms with Gasteiger partial charge < -0.3 is 25.0 Å². The molecule has 1 aliphatic carbocycles. The Kier molecular flexibility index (Phi) is 8.11. The van der Waals surface area contributed by atoms with Crippen molar-refractivity contribution in [1.82, 2.24) is 15.3 Å². The van der Waals surface area contributed by atoms with Gasteiger partial charge in [-0.15, -0.1) is 0 Å². The van der Waals surface area contributed by atoms with Crippen molar-refractivity contribution in [3.05, 3.63) is 72.0 Å². The lowest BCUT2D eigenvalue weighted by molar-refractivity contribution is 0.122. The van der Waals surface area contributed by atoms with Crippen LogP contribution in [-0.4, -0.2) is 47.9 Å². The molecule has 9 heteroatoms. The minimum absolute atomic E-state index is 0.0875. The molecule has 5 rings (SSSR count). The van der Waals surface area contributed by atoms with Crippen molar-refractivity contribution in [2.75, 3.05) is 43.1 Å². The summed E-state index contributed by atoms with van der Waals surface area (Å²) in [6.45, 7) is 3.43. The molecule has 194 valence electrons. The number of halogens is 1. The second kappa shape index (κ2) is 11.8. The summed E-state index contributed by atoms with van der Waals surface area (Å²) in [6, 6.07) is 18.3. The zero-order valence-electron chi connectivity index (χ0n) is 20.8. The van der Waals surface area contributed by atoms with Gasteiger partial charge in [-0.05, 0) is 54.9 Å². The highest BCUT2D eigenvalue weighted by Crippen LogP contribution is 2.39. The monoisotopic (exact) mass is 521 g/mol. The third kappa shape index (κ3) is 6.53. The first-order chi connectivity index (χ1) is 18.1.